The molecule has 0 heterocycles. The molecule has 0 spiro atoms. The van der Waals surface area contributed by atoms with E-state index in [1.54, 1.807) is 0 Å². The third-order valence-corrected chi connectivity index (χ3v) is 4.81. The van der Waals surface area contributed by atoms with Crippen LogP contribution in [-0.4, -0.2) is 5.78 Å². The van der Waals surface area contributed by atoms with Crippen molar-refractivity contribution in [2.24, 2.45) is 0 Å². The third kappa shape index (κ3) is 9.28. The first kappa shape index (κ1) is 28.1. The zero-order valence-electron chi connectivity index (χ0n) is 17.6. The Balaban J connectivity index is 0.000000575. The first-order valence-corrected chi connectivity index (χ1v) is 10.1. The normalized spacial score (nSPS) is 11.3. The molecule has 1 nitrogen and oxygen atoms in total. The molecule has 4 aromatic carbocycles. The maximum Gasteiger partial charge on any atom is 2.00 e. The summed E-state index contributed by atoms with van der Waals surface area (Å²) in [7, 11) is 0. The largest absolute Gasteiger partial charge is 2.00 e. The standard InChI is InChI=1S/C17H20O.2C5H5.2Fe/c1-3-15(13-9-5-6-10-13)17(16(18)4-2)14-11-7-8-12-14;2*1-2-4-5-3-1;;/h5-12,15,17H,3-4H2,1-2H3;2*1-5H;;/q-2;2*-1;2*+2. The quantitative estimate of drug-likeness (QED) is 0.210. The molecule has 0 saturated carbocycles. The summed E-state index contributed by atoms with van der Waals surface area (Å²) in [5.41, 5.74) is 2.44. The monoisotopic (exact) mass is 482 g/mol. The van der Waals surface area contributed by atoms with Crippen LogP contribution in [0.3, 0.4) is 0 Å². The number of carbonyl (C=O) groups excluding carboxylic acids is 1. The minimum atomic E-state index is 0. The van der Waals surface area contributed by atoms with Crippen LogP contribution in [0.2, 0.25) is 0 Å². The van der Waals surface area contributed by atoms with E-state index in [4.69, 9.17) is 0 Å². The summed E-state index contributed by atoms with van der Waals surface area (Å²) in [5, 5.41) is 0. The van der Waals surface area contributed by atoms with Gasteiger partial charge in [0.2, 0.25) is 0 Å². The van der Waals surface area contributed by atoms with E-state index < -0.39 is 0 Å². The molecular weight excluding hydrogens is 452 g/mol. The predicted molar refractivity (Wildman–Crippen MR) is 119 cm³/mol. The van der Waals surface area contributed by atoms with Crippen molar-refractivity contribution in [3.05, 3.63) is 120 Å². The molecular formula is C27H30Fe2O. The van der Waals surface area contributed by atoms with Crippen molar-refractivity contribution in [2.45, 2.75) is 38.5 Å². The molecule has 2 unspecified atom stereocenters. The predicted octanol–water partition coefficient (Wildman–Crippen LogP) is 7.19. The number of hydrogen-bond acceptors (Lipinski definition) is 1. The second-order valence-electron chi connectivity index (χ2n) is 6.67. The zero-order chi connectivity index (χ0) is 20.0. The molecule has 160 valence electrons. The SMILES string of the molecule is CCC(=O)C([c-]1cccc1)C(CC)[c-]1cccc1.[Fe+2].[Fe+2].c1cc[cH-]c1.c1cc[cH-]c1. The van der Waals surface area contributed by atoms with Crippen LogP contribution >= 0.6 is 0 Å². The van der Waals surface area contributed by atoms with E-state index in [0.717, 1.165) is 12.0 Å². The van der Waals surface area contributed by atoms with Gasteiger partial charge in [0, 0.05) is 6.42 Å². The minimum Gasteiger partial charge on any atom is -0.300 e. The Morgan fingerprint density at radius 1 is 0.700 bits per heavy atom. The summed E-state index contributed by atoms with van der Waals surface area (Å²) in [6.07, 6.45) is 1.60. The summed E-state index contributed by atoms with van der Waals surface area (Å²) in [5.74, 6) is 0.654. The second-order valence-corrected chi connectivity index (χ2v) is 6.67. The molecule has 0 aliphatic rings. The minimum absolute atomic E-state index is 0. The summed E-state index contributed by atoms with van der Waals surface area (Å²) in [6, 6.07) is 36.5. The van der Waals surface area contributed by atoms with Crippen molar-refractivity contribution in [2.75, 3.05) is 0 Å². The van der Waals surface area contributed by atoms with Gasteiger partial charge in [-0.3, -0.25) is 0 Å². The number of carbonyl (C=O) groups is 1. The molecule has 0 aromatic heterocycles. The molecule has 0 amide bonds. The molecule has 0 radical (unpaired) electrons. The number of rotatable bonds is 6. The van der Waals surface area contributed by atoms with E-state index >= 15 is 0 Å². The number of ketones is 1. The van der Waals surface area contributed by atoms with Crippen molar-refractivity contribution >= 4 is 5.78 Å². The average Bonchev–Trinajstić information content (AvgIpc) is 3.56. The maximum absolute atomic E-state index is 12.3. The molecule has 0 N–H and O–H groups in total. The van der Waals surface area contributed by atoms with Crippen LogP contribution < -0.4 is 0 Å². The van der Waals surface area contributed by atoms with Gasteiger partial charge in [-0.1, -0.05) is 26.2 Å². The molecule has 0 fully saturated rings. The van der Waals surface area contributed by atoms with Crippen LogP contribution in [0.5, 0.6) is 0 Å². The summed E-state index contributed by atoms with van der Waals surface area (Å²) in [4.78, 5) is 12.3. The van der Waals surface area contributed by atoms with Crippen molar-refractivity contribution in [3.8, 4) is 0 Å². The van der Waals surface area contributed by atoms with Crippen molar-refractivity contribution < 1.29 is 38.9 Å². The van der Waals surface area contributed by atoms with Crippen LogP contribution in [0, 0.1) is 0 Å². The Labute approximate surface area is 202 Å². The van der Waals surface area contributed by atoms with Gasteiger partial charge in [0.15, 0.2) is 0 Å². The van der Waals surface area contributed by atoms with Crippen LogP contribution in [0.25, 0.3) is 0 Å². The Morgan fingerprint density at radius 3 is 1.40 bits per heavy atom. The van der Waals surface area contributed by atoms with Gasteiger partial charge in [-0.05, 0) is 5.92 Å². The van der Waals surface area contributed by atoms with Crippen LogP contribution in [0.15, 0.2) is 109 Å². The third-order valence-electron chi connectivity index (χ3n) is 4.81. The van der Waals surface area contributed by atoms with Crippen LogP contribution in [-0.2, 0) is 38.9 Å². The van der Waals surface area contributed by atoms with Crippen LogP contribution in [0.4, 0.5) is 0 Å². The van der Waals surface area contributed by atoms with Gasteiger partial charge in [-0.15, -0.1) is 5.56 Å². The van der Waals surface area contributed by atoms with Gasteiger partial charge in [0.25, 0.3) is 0 Å². The van der Waals surface area contributed by atoms with E-state index in [1.165, 1.54) is 5.56 Å². The first-order chi connectivity index (χ1) is 13.8. The number of hydrogen-bond donors (Lipinski definition) is 0. The van der Waals surface area contributed by atoms with E-state index in [1.807, 2.05) is 79.7 Å². The fraction of sp³-hybridized carbons (Fsp3) is 0.222. The van der Waals surface area contributed by atoms with Gasteiger partial charge in [0.1, 0.15) is 5.78 Å². The van der Waals surface area contributed by atoms with Crippen LogP contribution in [0.1, 0.15) is 49.7 Å². The average molecular weight is 482 g/mol. The second kappa shape index (κ2) is 16.9. The Bertz CT molecular complexity index is 749. The molecule has 2 atom stereocenters. The van der Waals surface area contributed by atoms with E-state index in [2.05, 4.69) is 43.3 Å². The van der Waals surface area contributed by atoms with Gasteiger partial charge >= 0.3 is 34.1 Å². The molecule has 30 heavy (non-hydrogen) atoms. The van der Waals surface area contributed by atoms with Gasteiger partial charge < -0.3 is 4.79 Å². The fourth-order valence-corrected chi connectivity index (χ4v) is 3.40. The van der Waals surface area contributed by atoms with Gasteiger partial charge in [0.05, 0.1) is 0 Å². The summed E-state index contributed by atoms with van der Waals surface area (Å²) < 4.78 is 0. The molecule has 0 aliphatic heterocycles. The van der Waals surface area contributed by atoms with Crippen molar-refractivity contribution in [3.63, 3.8) is 0 Å². The maximum atomic E-state index is 12.3. The Hall–Kier alpha value is -1.89. The fourth-order valence-electron chi connectivity index (χ4n) is 3.40. The first-order valence-electron chi connectivity index (χ1n) is 10.1. The molecule has 0 saturated heterocycles. The Kier molecular flexibility index (Phi) is 15.8. The number of Topliss-reactive ketones (excluding diaryl/α,β-unsaturated/α-hetero) is 1. The molecule has 0 aliphatic carbocycles. The summed E-state index contributed by atoms with van der Waals surface area (Å²) >= 11 is 0. The molecule has 0 bridgehead atoms. The topological polar surface area (TPSA) is 17.1 Å². The molecule has 4 aromatic rings. The van der Waals surface area contributed by atoms with Crippen molar-refractivity contribution in [1.29, 1.82) is 0 Å². The molecule has 3 heteroatoms. The van der Waals surface area contributed by atoms with Gasteiger partial charge in [-0.2, -0.15) is 66.2 Å². The van der Waals surface area contributed by atoms with E-state index in [9.17, 15) is 4.79 Å². The van der Waals surface area contributed by atoms with E-state index in [-0.39, 0.29) is 40.1 Å². The summed E-state index contributed by atoms with van der Waals surface area (Å²) in [6.45, 7) is 4.12. The molecule has 4 rings (SSSR count). The Morgan fingerprint density at radius 2 is 1.10 bits per heavy atom. The smallest absolute Gasteiger partial charge is 0.300 e. The van der Waals surface area contributed by atoms with Gasteiger partial charge in [-0.25, -0.2) is 48.5 Å². The van der Waals surface area contributed by atoms with Crippen molar-refractivity contribution in [1.82, 2.24) is 0 Å². The zero-order valence-corrected chi connectivity index (χ0v) is 19.8. The van der Waals surface area contributed by atoms with E-state index in [0.29, 0.717) is 18.1 Å².